The molecule has 0 aliphatic carbocycles. The Balaban J connectivity index is 2.77. The van der Waals surface area contributed by atoms with Crippen LogP contribution >= 0.6 is 0 Å². The van der Waals surface area contributed by atoms with Gasteiger partial charge in [-0.15, -0.1) is 0 Å². The van der Waals surface area contributed by atoms with E-state index >= 15 is 0 Å². The second kappa shape index (κ2) is 5.71. The molecule has 0 saturated heterocycles. The maximum atomic E-state index is 11.0. The maximum absolute atomic E-state index is 11.0. The van der Waals surface area contributed by atoms with Crippen molar-refractivity contribution < 1.29 is 14.6 Å². The lowest BCUT2D eigenvalue weighted by Crippen LogP contribution is -2.32. The van der Waals surface area contributed by atoms with Crippen molar-refractivity contribution in [3.63, 3.8) is 0 Å². The smallest absolute Gasteiger partial charge is 0.345 e. The van der Waals surface area contributed by atoms with Crippen molar-refractivity contribution in [1.82, 2.24) is 0 Å². The van der Waals surface area contributed by atoms with Crippen molar-refractivity contribution in [3.8, 4) is 5.75 Å². The van der Waals surface area contributed by atoms with Gasteiger partial charge in [0.15, 0.2) is 6.10 Å². The maximum Gasteiger partial charge on any atom is 0.345 e. The molecule has 1 unspecified atom stereocenters. The monoisotopic (exact) mass is 236 g/mol. The molecule has 0 saturated carbocycles. The normalized spacial score (nSPS) is 12.8. The zero-order valence-corrected chi connectivity index (χ0v) is 10.8. The Morgan fingerprint density at radius 2 is 1.65 bits per heavy atom. The number of carboxylic acids is 1. The Bertz CT molecular complexity index is 366. The summed E-state index contributed by atoms with van der Waals surface area (Å²) in [7, 11) is 0. The summed E-state index contributed by atoms with van der Waals surface area (Å²) in [6.07, 6.45) is -0.792. The Morgan fingerprint density at radius 1 is 1.12 bits per heavy atom. The lowest BCUT2D eigenvalue weighted by Gasteiger charge is -2.18. The quantitative estimate of drug-likeness (QED) is 0.853. The number of hydrogen-bond acceptors (Lipinski definition) is 2. The number of carboxylic acid groups (broad SMARTS) is 1. The molecular formula is C14H20O3. The van der Waals surface area contributed by atoms with Crippen molar-refractivity contribution in [3.05, 3.63) is 29.8 Å². The molecule has 17 heavy (non-hydrogen) atoms. The van der Waals surface area contributed by atoms with Crippen LogP contribution in [0.1, 0.15) is 39.2 Å². The van der Waals surface area contributed by atoms with E-state index in [2.05, 4.69) is 13.8 Å². The molecule has 1 atom stereocenters. The molecule has 94 valence electrons. The van der Waals surface area contributed by atoms with Crippen LogP contribution in [0.25, 0.3) is 0 Å². The topological polar surface area (TPSA) is 46.5 Å². The summed E-state index contributed by atoms with van der Waals surface area (Å²) in [5.74, 6) is 0.0881. The number of aliphatic carboxylic acids is 1. The molecule has 0 bridgehead atoms. The van der Waals surface area contributed by atoms with E-state index in [0.29, 0.717) is 11.7 Å². The number of hydrogen-bond donors (Lipinski definition) is 1. The Hall–Kier alpha value is -1.51. The van der Waals surface area contributed by atoms with Crippen LogP contribution in [0.2, 0.25) is 0 Å². The average Bonchev–Trinajstić information content (AvgIpc) is 2.25. The van der Waals surface area contributed by atoms with Crippen molar-refractivity contribution in [2.75, 3.05) is 0 Å². The van der Waals surface area contributed by atoms with Crippen LogP contribution in [0.15, 0.2) is 24.3 Å². The van der Waals surface area contributed by atoms with Crippen molar-refractivity contribution in [2.45, 2.75) is 39.7 Å². The first-order valence-corrected chi connectivity index (χ1v) is 5.91. The fourth-order valence-corrected chi connectivity index (χ4v) is 1.55. The van der Waals surface area contributed by atoms with E-state index in [1.54, 1.807) is 0 Å². The summed E-state index contributed by atoms with van der Waals surface area (Å²) in [6.45, 7) is 7.90. The van der Waals surface area contributed by atoms with Crippen LogP contribution in [0.5, 0.6) is 5.75 Å². The van der Waals surface area contributed by atoms with Gasteiger partial charge in [0.05, 0.1) is 0 Å². The van der Waals surface area contributed by atoms with E-state index in [4.69, 9.17) is 9.84 Å². The van der Waals surface area contributed by atoms with Gasteiger partial charge in [0, 0.05) is 5.92 Å². The van der Waals surface area contributed by atoms with Crippen LogP contribution in [0.4, 0.5) is 0 Å². The minimum Gasteiger partial charge on any atom is -0.478 e. The summed E-state index contributed by atoms with van der Waals surface area (Å²) in [5, 5.41) is 9.02. The van der Waals surface area contributed by atoms with E-state index < -0.39 is 12.1 Å². The molecule has 0 fully saturated rings. The third-order valence-electron chi connectivity index (χ3n) is 2.66. The van der Waals surface area contributed by atoms with Gasteiger partial charge in [-0.05, 0) is 23.6 Å². The molecular weight excluding hydrogens is 216 g/mol. The van der Waals surface area contributed by atoms with Gasteiger partial charge < -0.3 is 9.84 Å². The van der Waals surface area contributed by atoms with E-state index in [0.717, 1.165) is 0 Å². The Kier molecular flexibility index (Phi) is 4.55. The van der Waals surface area contributed by atoms with Crippen LogP contribution in [0, 0.1) is 5.92 Å². The summed E-state index contributed by atoms with van der Waals surface area (Å²) in [6, 6.07) is 7.60. The molecule has 3 heteroatoms. The SMILES string of the molecule is CC(C)c1ccc(OC(C(=O)O)C(C)C)cc1. The minimum absolute atomic E-state index is 0.0581. The second-order valence-electron chi connectivity index (χ2n) is 4.84. The Labute approximate surface area is 102 Å². The summed E-state index contributed by atoms with van der Waals surface area (Å²) in [5.41, 5.74) is 1.22. The molecule has 0 amide bonds. The molecule has 0 aromatic heterocycles. The standard InChI is InChI=1S/C14H20O3/c1-9(2)11-5-7-12(8-6-11)17-13(10(3)4)14(15)16/h5-10,13H,1-4H3,(H,15,16). The molecule has 1 aromatic carbocycles. The van der Waals surface area contributed by atoms with Gasteiger partial charge in [0.25, 0.3) is 0 Å². The van der Waals surface area contributed by atoms with Gasteiger partial charge in [-0.25, -0.2) is 4.79 Å². The van der Waals surface area contributed by atoms with Gasteiger partial charge in [-0.3, -0.25) is 0 Å². The number of benzene rings is 1. The summed E-state index contributed by atoms with van der Waals surface area (Å²) >= 11 is 0. The fraction of sp³-hybridized carbons (Fsp3) is 0.500. The first-order chi connectivity index (χ1) is 7.91. The lowest BCUT2D eigenvalue weighted by molar-refractivity contribution is -0.147. The molecule has 1 aromatic rings. The number of carbonyl (C=O) groups is 1. The van der Waals surface area contributed by atoms with Gasteiger partial charge in [0.1, 0.15) is 5.75 Å². The summed E-state index contributed by atoms with van der Waals surface area (Å²) < 4.78 is 5.47. The highest BCUT2D eigenvalue weighted by molar-refractivity contribution is 5.73. The van der Waals surface area contributed by atoms with Crippen LogP contribution < -0.4 is 4.74 Å². The average molecular weight is 236 g/mol. The van der Waals surface area contributed by atoms with Gasteiger partial charge in [-0.1, -0.05) is 39.8 Å². The molecule has 0 heterocycles. The van der Waals surface area contributed by atoms with Gasteiger partial charge >= 0.3 is 5.97 Å². The van der Waals surface area contributed by atoms with Gasteiger partial charge in [0.2, 0.25) is 0 Å². The molecule has 0 aliphatic rings. The van der Waals surface area contributed by atoms with E-state index in [1.165, 1.54) is 5.56 Å². The highest BCUT2D eigenvalue weighted by Gasteiger charge is 2.23. The Morgan fingerprint density at radius 3 is 2.00 bits per heavy atom. The van der Waals surface area contributed by atoms with Crippen LogP contribution in [-0.4, -0.2) is 17.2 Å². The molecule has 0 radical (unpaired) electrons. The molecule has 3 nitrogen and oxygen atoms in total. The number of rotatable bonds is 5. The van der Waals surface area contributed by atoms with E-state index in [9.17, 15) is 4.79 Å². The third-order valence-corrected chi connectivity index (χ3v) is 2.66. The van der Waals surface area contributed by atoms with Crippen molar-refractivity contribution in [2.24, 2.45) is 5.92 Å². The number of ether oxygens (including phenoxy) is 1. The zero-order chi connectivity index (χ0) is 13.0. The lowest BCUT2D eigenvalue weighted by atomic mass is 10.0. The summed E-state index contributed by atoms with van der Waals surface area (Å²) in [4.78, 5) is 11.0. The molecule has 0 aliphatic heterocycles. The predicted molar refractivity (Wildman–Crippen MR) is 67.4 cm³/mol. The second-order valence-corrected chi connectivity index (χ2v) is 4.84. The minimum atomic E-state index is -0.923. The van der Waals surface area contributed by atoms with Gasteiger partial charge in [-0.2, -0.15) is 0 Å². The molecule has 1 N–H and O–H groups in total. The van der Waals surface area contributed by atoms with Crippen LogP contribution in [0.3, 0.4) is 0 Å². The molecule has 0 spiro atoms. The van der Waals surface area contributed by atoms with Crippen molar-refractivity contribution >= 4 is 5.97 Å². The van der Waals surface area contributed by atoms with Crippen LogP contribution in [-0.2, 0) is 4.79 Å². The van der Waals surface area contributed by atoms with E-state index in [-0.39, 0.29) is 5.92 Å². The zero-order valence-electron chi connectivity index (χ0n) is 10.8. The van der Waals surface area contributed by atoms with E-state index in [1.807, 2.05) is 38.1 Å². The predicted octanol–water partition coefficient (Wildman–Crippen LogP) is 3.30. The largest absolute Gasteiger partial charge is 0.478 e. The first-order valence-electron chi connectivity index (χ1n) is 5.91. The highest BCUT2D eigenvalue weighted by Crippen LogP contribution is 2.20. The first kappa shape index (κ1) is 13.6. The highest BCUT2D eigenvalue weighted by atomic mass is 16.5. The fourth-order valence-electron chi connectivity index (χ4n) is 1.55. The third kappa shape index (κ3) is 3.77. The molecule has 1 rings (SSSR count). The van der Waals surface area contributed by atoms with Crippen molar-refractivity contribution in [1.29, 1.82) is 0 Å².